The fourth-order valence-corrected chi connectivity index (χ4v) is 1.61. The summed E-state index contributed by atoms with van der Waals surface area (Å²) >= 11 is 3.26. The van der Waals surface area contributed by atoms with Gasteiger partial charge in [-0.15, -0.1) is 0 Å². The van der Waals surface area contributed by atoms with Gasteiger partial charge in [-0.3, -0.25) is 10.1 Å². The highest BCUT2D eigenvalue weighted by atomic mass is 79.9. The SMILES string of the molecule is CCOCCOc1ccc(CBr)cc1[N+](=O)[O-]. The Bertz CT molecular complexity index is 384. The Hall–Kier alpha value is -1.14. The maximum atomic E-state index is 10.9. The molecule has 0 aromatic heterocycles. The first kappa shape index (κ1) is 13.9. The second-order valence-electron chi connectivity index (χ2n) is 3.24. The first-order chi connectivity index (χ1) is 8.19. The highest BCUT2D eigenvalue weighted by Gasteiger charge is 2.15. The molecule has 0 radical (unpaired) electrons. The van der Waals surface area contributed by atoms with Crippen molar-refractivity contribution in [1.82, 2.24) is 0 Å². The molecule has 17 heavy (non-hydrogen) atoms. The third-order valence-corrected chi connectivity index (χ3v) is 2.71. The Kier molecular flexibility index (Phi) is 5.93. The monoisotopic (exact) mass is 303 g/mol. The standard InChI is InChI=1S/C11H14BrNO4/c1-2-16-5-6-17-11-4-3-9(8-12)7-10(11)13(14)15/h3-4,7H,2,5-6,8H2,1H3. The number of hydrogen-bond donors (Lipinski definition) is 0. The van der Waals surface area contributed by atoms with Crippen LogP contribution in [0.15, 0.2) is 18.2 Å². The summed E-state index contributed by atoms with van der Waals surface area (Å²) in [4.78, 5) is 10.4. The lowest BCUT2D eigenvalue weighted by Crippen LogP contribution is -2.07. The van der Waals surface area contributed by atoms with E-state index in [0.29, 0.717) is 25.2 Å². The number of rotatable bonds is 7. The van der Waals surface area contributed by atoms with Crippen LogP contribution in [0.4, 0.5) is 5.69 Å². The zero-order valence-corrected chi connectivity index (χ0v) is 11.1. The molecule has 1 aromatic rings. The van der Waals surface area contributed by atoms with Crippen molar-refractivity contribution >= 4 is 21.6 Å². The number of hydrogen-bond acceptors (Lipinski definition) is 4. The number of halogens is 1. The lowest BCUT2D eigenvalue weighted by molar-refractivity contribution is -0.385. The quantitative estimate of drug-likeness (QED) is 0.336. The summed E-state index contributed by atoms with van der Waals surface area (Å²) in [5, 5.41) is 11.4. The van der Waals surface area contributed by atoms with Gasteiger partial charge in [0.2, 0.25) is 0 Å². The molecule has 0 bridgehead atoms. The average molecular weight is 304 g/mol. The van der Waals surface area contributed by atoms with Crippen LogP contribution in [0, 0.1) is 10.1 Å². The second kappa shape index (κ2) is 7.24. The van der Waals surface area contributed by atoms with Crippen molar-refractivity contribution < 1.29 is 14.4 Å². The second-order valence-corrected chi connectivity index (χ2v) is 3.80. The van der Waals surface area contributed by atoms with E-state index in [-0.39, 0.29) is 11.4 Å². The molecule has 94 valence electrons. The van der Waals surface area contributed by atoms with Crippen LogP contribution in [0.2, 0.25) is 0 Å². The highest BCUT2D eigenvalue weighted by Crippen LogP contribution is 2.28. The van der Waals surface area contributed by atoms with Crippen molar-refractivity contribution in [3.05, 3.63) is 33.9 Å². The van der Waals surface area contributed by atoms with E-state index in [1.807, 2.05) is 6.92 Å². The first-order valence-corrected chi connectivity index (χ1v) is 6.35. The third-order valence-electron chi connectivity index (χ3n) is 2.06. The van der Waals surface area contributed by atoms with E-state index >= 15 is 0 Å². The van der Waals surface area contributed by atoms with Crippen molar-refractivity contribution in [3.63, 3.8) is 0 Å². The van der Waals surface area contributed by atoms with Crippen LogP contribution in [-0.4, -0.2) is 24.7 Å². The minimum absolute atomic E-state index is 0.0153. The molecule has 0 atom stereocenters. The number of ether oxygens (including phenoxy) is 2. The largest absolute Gasteiger partial charge is 0.484 e. The van der Waals surface area contributed by atoms with Crippen LogP contribution in [0.1, 0.15) is 12.5 Å². The molecular formula is C11H14BrNO4. The molecule has 0 aliphatic heterocycles. The Morgan fingerprint density at radius 2 is 2.18 bits per heavy atom. The minimum atomic E-state index is -0.442. The maximum absolute atomic E-state index is 10.9. The van der Waals surface area contributed by atoms with Crippen LogP contribution < -0.4 is 4.74 Å². The molecule has 1 rings (SSSR count). The predicted octanol–water partition coefficient (Wildman–Crippen LogP) is 2.91. The summed E-state index contributed by atoms with van der Waals surface area (Å²) in [5.74, 6) is 0.277. The van der Waals surface area contributed by atoms with Crippen molar-refractivity contribution in [1.29, 1.82) is 0 Å². The molecule has 0 amide bonds. The summed E-state index contributed by atoms with van der Waals surface area (Å²) in [5.41, 5.74) is 0.826. The molecule has 0 spiro atoms. The van der Waals surface area contributed by atoms with E-state index < -0.39 is 4.92 Å². The summed E-state index contributed by atoms with van der Waals surface area (Å²) in [7, 11) is 0. The van der Waals surface area contributed by atoms with Gasteiger partial charge in [-0.1, -0.05) is 22.0 Å². The minimum Gasteiger partial charge on any atom is -0.484 e. The van der Waals surface area contributed by atoms with Crippen LogP contribution in [0.3, 0.4) is 0 Å². The van der Waals surface area contributed by atoms with Crippen molar-refractivity contribution in [2.75, 3.05) is 19.8 Å². The lowest BCUT2D eigenvalue weighted by atomic mass is 10.2. The van der Waals surface area contributed by atoms with Gasteiger partial charge in [0.05, 0.1) is 11.5 Å². The number of nitro groups is 1. The summed E-state index contributed by atoms with van der Waals surface area (Å²) in [6.45, 7) is 3.22. The summed E-state index contributed by atoms with van der Waals surface area (Å²) < 4.78 is 10.4. The van der Waals surface area contributed by atoms with E-state index in [0.717, 1.165) is 5.56 Å². The summed E-state index contributed by atoms with van der Waals surface area (Å²) in [6.07, 6.45) is 0. The molecular weight excluding hydrogens is 290 g/mol. The van der Waals surface area contributed by atoms with Gasteiger partial charge in [0.25, 0.3) is 0 Å². The third kappa shape index (κ3) is 4.32. The number of nitrogens with zero attached hydrogens (tertiary/aromatic N) is 1. The molecule has 0 aliphatic rings. The fourth-order valence-electron chi connectivity index (χ4n) is 1.27. The van der Waals surface area contributed by atoms with E-state index in [1.165, 1.54) is 6.07 Å². The van der Waals surface area contributed by atoms with Gasteiger partial charge in [0, 0.05) is 18.0 Å². The molecule has 0 aliphatic carbocycles. The Morgan fingerprint density at radius 1 is 1.41 bits per heavy atom. The molecule has 0 saturated carbocycles. The summed E-state index contributed by atoms with van der Waals surface area (Å²) in [6, 6.07) is 4.91. The van der Waals surface area contributed by atoms with Gasteiger partial charge >= 0.3 is 5.69 Å². The molecule has 5 nitrogen and oxygen atoms in total. The molecule has 0 fully saturated rings. The van der Waals surface area contributed by atoms with Crippen molar-refractivity contribution in [3.8, 4) is 5.75 Å². The van der Waals surface area contributed by atoms with Gasteiger partial charge in [-0.25, -0.2) is 0 Å². The zero-order valence-electron chi connectivity index (χ0n) is 9.52. The number of alkyl halides is 1. The van der Waals surface area contributed by atoms with E-state index in [1.54, 1.807) is 12.1 Å². The predicted molar refractivity (Wildman–Crippen MR) is 67.7 cm³/mol. The van der Waals surface area contributed by atoms with Gasteiger partial charge in [0.15, 0.2) is 5.75 Å². The first-order valence-electron chi connectivity index (χ1n) is 5.22. The van der Waals surface area contributed by atoms with E-state index in [9.17, 15) is 10.1 Å². The van der Waals surface area contributed by atoms with Crippen LogP contribution in [-0.2, 0) is 10.1 Å². The molecule has 0 unspecified atom stereocenters. The average Bonchev–Trinajstić information content (AvgIpc) is 2.34. The number of nitro benzene ring substituents is 1. The van der Waals surface area contributed by atoms with Crippen LogP contribution in [0.5, 0.6) is 5.75 Å². The van der Waals surface area contributed by atoms with Gasteiger partial charge in [0.1, 0.15) is 6.61 Å². The topological polar surface area (TPSA) is 61.6 Å². The lowest BCUT2D eigenvalue weighted by Gasteiger charge is -2.07. The zero-order chi connectivity index (χ0) is 12.7. The highest BCUT2D eigenvalue weighted by molar-refractivity contribution is 9.08. The van der Waals surface area contributed by atoms with Gasteiger partial charge in [-0.05, 0) is 18.6 Å². The van der Waals surface area contributed by atoms with E-state index in [2.05, 4.69) is 15.9 Å². The van der Waals surface area contributed by atoms with Gasteiger partial charge < -0.3 is 9.47 Å². The van der Waals surface area contributed by atoms with Crippen molar-refractivity contribution in [2.24, 2.45) is 0 Å². The van der Waals surface area contributed by atoms with Crippen LogP contribution >= 0.6 is 15.9 Å². The van der Waals surface area contributed by atoms with Crippen LogP contribution in [0.25, 0.3) is 0 Å². The Labute approximate surface area is 108 Å². The Balaban J connectivity index is 2.73. The van der Waals surface area contributed by atoms with Gasteiger partial charge in [-0.2, -0.15) is 0 Å². The molecule has 1 aromatic carbocycles. The maximum Gasteiger partial charge on any atom is 0.311 e. The smallest absolute Gasteiger partial charge is 0.311 e. The molecule has 0 saturated heterocycles. The molecule has 6 heteroatoms. The Morgan fingerprint density at radius 3 is 2.76 bits per heavy atom. The number of benzene rings is 1. The van der Waals surface area contributed by atoms with E-state index in [4.69, 9.17) is 9.47 Å². The molecule has 0 heterocycles. The fraction of sp³-hybridized carbons (Fsp3) is 0.455. The van der Waals surface area contributed by atoms with Crippen molar-refractivity contribution in [2.45, 2.75) is 12.3 Å². The normalized spacial score (nSPS) is 10.2. The molecule has 0 N–H and O–H groups in total.